The van der Waals surface area contributed by atoms with Gasteiger partial charge in [-0.25, -0.2) is 13.2 Å². The zero-order valence-electron chi connectivity index (χ0n) is 21.8. The van der Waals surface area contributed by atoms with Crippen LogP contribution in [0, 0.1) is 0 Å². The summed E-state index contributed by atoms with van der Waals surface area (Å²) in [6.45, 7) is 0.334. The van der Waals surface area contributed by atoms with Crippen LogP contribution in [0.25, 0.3) is 10.9 Å². The third kappa shape index (κ3) is 5.56. The maximum atomic E-state index is 13.8. The summed E-state index contributed by atoms with van der Waals surface area (Å²) in [7, 11) is -0.0887. The molecule has 0 atom stereocenters. The summed E-state index contributed by atoms with van der Waals surface area (Å²) in [5, 5.41) is 0.328. The van der Waals surface area contributed by atoms with Gasteiger partial charge in [-0.05, 0) is 54.3 Å². The van der Waals surface area contributed by atoms with Crippen molar-refractivity contribution in [1.29, 1.82) is 0 Å². The summed E-state index contributed by atoms with van der Waals surface area (Å²) < 4.78 is 43.6. The van der Waals surface area contributed by atoms with Gasteiger partial charge in [-0.2, -0.15) is 0 Å². The van der Waals surface area contributed by atoms with Gasteiger partial charge in [-0.1, -0.05) is 36.4 Å². The Morgan fingerprint density at radius 1 is 0.846 bits per heavy atom. The van der Waals surface area contributed by atoms with Crippen molar-refractivity contribution in [3.63, 3.8) is 0 Å². The van der Waals surface area contributed by atoms with Crippen molar-refractivity contribution >= 4 is 20.7 Å². The third-order valence-electron chi connectivity index (χ3n) is 7.07. The van der Waals surface area contributed by atoms with Gasteiger partial charge in [0.15, 0.2) is 11.5 Å². The van der Waals surface area contributed by atoms with Crippen LogP contribution in [0.5, 0.6) is 17.2 Å². The van der Waals surface area contributed by atoms with Gasteiger partial charge < -0.3 is 14.2 Å². The van der Waals surface area contributed by atoms with Crippen molar-refractivity contribution in [3.05, 3.63) is 98.7 Å². The van der Waals surface area contributed by atoms with E-state index in [1.807, 2.05) is 30.3 Å². The fourth-order valence-corrected chi connectivity index (χ4v) is 6.45. The second-order valence-corrected chi connectivity index (χ2v) is 11.9. The van der Waals surface area contributed by atoms with Gasteiger partial charge in [0.1, 0.15) is 22.2 Å². The molecule has 0 radical (unpaired) electrons. The molecule has 1 aromatic heterocycles. The molecule has 5 rings (SSSR count). The van der Waals surface area contributed by atoms with Crippen molar-refractivity contribution in [2.75, 3.05) is 25.7 Å². The Morgan fingerprint density at radius 2 is 1.56 bits per heavy atom. The minimum absolute atomic E-state index is 0.00131. The highest BCUT2D eigenvalue weighted by Crippen LogP contribution is 2.29. The molecule has 0 saturated carbocycles. The number of hydrogen-bond acceptors (Lipinski definition) is 7. The van der Waals surface area contributed by atoms with Gasteiger partial charge in [-0.3, -0.25) is 13.9 Å². The first-order chi connectivity index (χ1) is 18.8. The molecule has 0 spiro atoms. The Bertz CT molecular complexity index is 1710. The molecule has 1 aliphatic rings. The van der Waals surface area contributed by atoms with E-state index in [-0.39, 0.29) is 24.1 Å². The quantitative estimate of drug-likeness (QED) is 0.330. The predicted octanol–water partition coefficient (Wildman–Crippen LogP) is 3.56. The number of sulfone groups is 1. The van der Waals surface area contributed by atoms with Crippen LogP contribution in [0.1, 0.15) is 30.0 Å². The second kappa shape index (κ2) is 11.0. The van der Waals surface area contributed by atoms with E-state index in [2.05, 4.69) is 0 Å². The Morgan fingerprint density at radius 3 is 2.26 bits per heavy atom. The number of ether oxygens (including phenoxy) is 3. The van der Waals surface area contributed by atoms with Gasteiger partial charge in [0, 0.05) is 6.04 Å². The van der Waals surface area contributed by atoms with Crippen LogP contribution in [-0.2, 0) is 23.0 Å². The number of hydrogen-bond donors (Lipinski definition) is 0. The highest BCUT2D eigenvalue weighted by molar-refractivity contribution is 7.91. The molecule has 9 nitrogen and oxygen atoms in total. The Kier molecular flexibility index (Phi) is 7.47. The van der Waals surface area contributed by atoms with Crippen LogP contribution >= 0.6 is 0 Å². The minimum Gasteiger partial charge on any atom is -0.493 e. The number of rotatable bonds is 8. The molecular weight excluding hydrogens is 520 g/mol. The Labute approximate surface area is 226 Å². The molecule has 0 aliphatic carbocycles. The molecule has 1 saturated heterocycles. The lowest BCUT2D eigenvalue weighted by molar-refractivity contribution is 0.306. The molecule has 3 aromatic carbocycles. The molecule has 1 aliphatic heterocycles. The number of fused-ring (bicyclic) bond motifs is 1. The Hall–Kier alpha value is -4.05. The highest BCUT2D eigenvalue weighted by atomic mass is 32.2. The van der Waals surface area contributed by atoms with Crippen molar-refractivity contribution in [1.82, 2.24) is 9.13 Å². The van der Waals surface area contributed by atoms with Gasteiger partial charge in [0.05, 0.1) is 43.2 Å². The van der Waals surface area contributed by atoms with E-state index in [0.717, 1.165) is 5.56 Å². The molecule has 4 aromatic rings. The van der Waals surface area contributed by atoms with Crippen LogP contribution in [0.3, 0.4) is 0 Å². The normalized spacial score (nSPS) is 15.2. The predicted molar refractivity (Wildman–Crippen MR) is 149 cm³/mol. The van der Waals surface area contributed by atoms with Crippen molar-refractivity contribution < 1.29 is 22.6 Å². The van der Waals surface area contributed by atoms with Crippen LogP contribution in [0.2, 0.25) is 0 Å². The number of aromatic nitrogens is 2. The van der Waals surface area contributed by atoms with Crippen molar-refractivity contribution in [2.24, 2.45) is 0 Å². The topological polar surface area (TPSA) is 106 Å². The SMILES string of the molecule is COc1ccc(Cn2c(=O)c3cc(OCc4ccccc4)ccc3n(C3CCS(=O)(=O)CC3)c2=O)cc1OC. The van der Waals surface area contributed by atoms with Gasteiger partial charge >= 0.3 is 5.69 Å². The number of methoxy groups -OCH3 is 2. The molecule has 39 heavy (non-hydrogen) atoms. The first-order valence-electron chi connectivity index (χ1n) is 12.7. The lowest BCUT2D eigenvalue weighted by Gasteiger charge is -2.26. The summed E-state index contributed by atoms with van der Waals surface area (Å²) in [6, 6.07) is 19.7. The molecule has 204 valence electrons. The third-order valence-corrected chi connectivity index (χ3v) is 8.78. The second-order valence-electron chi connectivity index (χ2n) is 9.57. The maximum Gasteiger partial charge on any atom is 0.332 e. The van der Waals surface area contributed by atoms with Crippen LogP contribution in [0.4, 0.5) is 0 Å². The fraction of sp³-hybridized carbons (Fsp3) is 0.310. The minimum atomic E-state index is -3.14. The van der Waals surface area contributed by atoms with E-state index in [9.17, 15) is 18.0 Å². The average Bonchev–Trinajstić information content (AvgIpc) is 2.95. The first-order valence-corrected chi connectivity index (χ1v) is 14.5. The maximum absolute atomic E-state index is 13.8. The summed E-state index contributed by atoms with van der Waals surface area (Å²) in [6.07, 6.45) is 0.607. The molecule has 10 heteroatoms. The lowest BCUT2D eigenvalue weighted by Crippen LogP contribution is -2.43. The lowest BCUT2D eigenvalue weighted by atomic mass is 10.1. The molecule has 0 unspecified atom stereocenters. The van der Waals surface area contributed by atoms with Crippen LogP contribution < -0.4 is 25.5 Å². The first kappa shape index (κ1) is 26.6. The number of benzene rings is 3. The Balaban J connectivity index is 1.60. The molecular formula is C29H30N2O7S. The van der Waals surface area contributed by atoms with Gasteiger partial charge in [-0.15, -0.1) is 0 Å². The van der Waals surface area contributed by atoms with E-state index >= 15 is 0 Å². The highest BCUT2D eigenvalue weighted by Gasteiger charge is 2.28. The average molecular weight is 551 g/mol. The smallest absolute Gasteiger partial charge is 0.332 e. The summed E-state index contributed by atoms with van der Waals surface area (Å²) in [5.74, 6) is 1.51. The van der Waals surface area contributed by atoms with E-state index in [0.29, 0.717) is 53.2 Å². The molecule has 1 fully saturated rings. The summed E-state index contributed by atoms with van der Waals surface area (Å²) in [5.41, 5.74) is 1.20. The van der Waals surface area contributed by atoms with Gasteiger partial charge in [0.2, 0.25) is 0 Å². The van der Waals surface area contributed by atoms with Crippen molar-refractivity contribution in [2.45, 2.75) is 32.0 Å². The number of nitrogens with zero attached hydrogens (tertiary/aromatic N) is 2. The largest absolute Gasteiger partial charge is 0.493 e. The van der Waals surface area contributed by atoms with E-state index < -0.39 is 21.1 Å². The van der Waals surface area contributed by atoms with Crippen LogP contribution in [0.15, 0.2) is 76.3 Å². The zero-order valence-corrected chi connectivity index (χ0v) is 22.6. The molecule has 2 heterocycles. The van der Waals surface area contributed by atoms with E-state index in [4.69, 9.17) is 14.2 Å². The summed E-state index contributed by atoms with van der Waals surface area (Å²) >= 11 is 0. The molecule has 0 N–H and O–H groups in total. The van der Waals surface area contributed by atoms with E-state index in [1.165, 1.54) is 18.8 Å². The van der Waals surface area contributed by atoms with Gasteiger partial charge in [0.25, 0.3) is 5.56 Å². The monoisotopic (exact) mass is 550 g/mol. The van der Waals surface area contributed by atoms with E-state index in [1.54, 1.807) is 41.0 Å². The fourth-order valence-electron chi connectivity index (χ4n) is 4.98. The molecule has 0 bridgehead atoms. The standard InChI is InChI=1S/C29H30N2O7S/c1-36-26-11-8-21(16-27(26)37-2)18-30-28(32)24-17-23(38-19-20-6-4-3-5-7-20)9-10-25(24)31(29(30)33)22-12-14-39(34,35)15-13-22/h3-11,16-17,22H,12-15,18-19H2,1-2H3. The molecule has 0 amide bonds. The van der Waals surface area contributed by atoms with Crippen molar-refractivity contribution in [3.8, 4) is 17.2 Å². The summed E-state index contributed by atoms with van der Waals surface area (Å²) in [4.78, 5) is 27.6. The van der Waals surface area contributed by atoms with Crippen LogP contribution in [-0.4, -0.2) is 43.3 Å². The zero-order chi connectivity index (χ0) is 27.6.